The third kappa shape index (κ3) is 5.51. The summed E-state index contributed by atoms with van der Waals surface area (Å²) in [5, 5.41) is 11.9. The fraction of sp³-hybridized carbons (Fsp3) is 0.857. The van der Waals surface area contributed by atoms with Crippen LogP contribution in [0.1, 0.15) is 20.8 Å². The van der Waals surface area contributed by atoms with Gasteiger partial charge in [-0.05, 0) is 27.8 Å². The van der Waals surface area contributed by atoms with Gasteiger partial charge in [0, 0.05) is 45.3 Å². The van der Waals surface area contributed by atoms with Crippen LogP contribution in [-0.2, 0) is 4.79 Å². The summed E-state index contributed by atoms with van der Waals surface area (Å²) >= 11 is 0. The molecule has 0 aromatic carbocycles. The van der Waals surface area contributed by atoms with Crippen LogP contribution in [0.25, 0.3) is 0 Å². The molecule has 21 heavy (non-hydrogen) atoms. The number of likely N-dealkylation sites (N-methyl/N-ethyl adjacent to an activating group) is 1. The van der Waals surface area contributed by atoms with Gasteiger partial charge in [-0.3, -0.25) is 9.69 Å². The number of carbonyl (C=O) groups excluding carboxylic acids is 1. The summed E-state index contributed by atoms with van der Waals surface area (Å²) < 4.78 is 0. The minimum atomic E-state index is -0.815. The summed E-state index contributed by atoms with van der Waals surface area (Å²) in [7, 11) is 2.03. The van der Waals surface area contributed by atoms with Gasteiger partial charge in [-0.25, -0.2) is 4.79 Å². The van der Waals surface area contributed by atoms with Crippen LogP contribution in [0, 0.1) is 0 Å². The van der Waals surface area contributed by atoms with Crippen molar-refractivity contribution >= 4 is 12.0 Å². The van der Waals surface area contributed by atoms with E-state index in [1.165, 1.54) is 0 Å². The number of hydrogen-bond donors (Lipinski definition) is 2. The molecule has 0 saturated carbocycles. The number of hydrogen-bond acceptors (Lipinski definition) is 4. The standard InChI is InChI=1S/C14H28N4O3/c1-11(2)16(4)6-5-15-14(21)18-9-7-17(8-10-18)12(3)13(19)20/h11-12H,5-10H2,1-4H3,(H,15,21)(H,19,20). The molecule has 1 atom stereocenters. The van der Waals surface area contributed by atoms with Gasteiger partial charge in [0.05, 0.1) is 0 Å². The molecular formula is C14H28N4O3. The normalized spacial score (nSPS) is 18.1. The minimum Gasteiger partial charge on any atom is -0.480 e. The lowest BCUT2D eigenvalue weighted by molar-refractivity contribution is -0.143. The fourth-order valence-electron chi connectivity index (χ4n) is 2.18. The summed E-state index contributed by atoms with van der Waals surface area (Å²) in [6.45, 7) is 9.71. The number of carboxylic acids is 1. The quantitative estimate of drug-likeness (QED) is 0.729. The van der Waals surface area contributed by atoms with E-state index in [-0.39, 0.29) is 6.03 Å². The molecule has 0 spiro atoms. The Morgan fingerprint density at radius 2 is 1.76 bits per heavy atom. The summed E-state index contributed by atoms with van der Waals surface area (Å²) in [5.41, 5.74) is 0. The number of rotatable bonds is 6. The lowest BCUT2D eigenvalue weighted by Gasteiger charge is -2.36. The van der Waals surface area contributed by atoms with Crippen LogP contribution in [0.15, 0.2) is 0 Å². The van der Waals surface area contributed by atoms with Crippen LogP contribution < -0.4 is 5.32 Å². The molecule has 0 aromatic heterocycles. The molecule has 0 bridgehead atoms. The highest BCUT2D eigenvalue weighted by Crippen LogP contribution is 2.06. The van der Waals surface area contributed by atoms with Gasteiger partial charge in [-0.1, -0.05) is 0 Å². The van der Waals surface area contributed by atoms with Crippen molar-refractivity contribution in [3.8, 4) is 0 Å². The Kier molecular flexibility index (Phi) is 6.91. The average molecular weight is 300 g/mol. The first-order valence-electron chi connectivity index (χ1n) is 7.52. The lowest BCUT2D eigenvalue weighted by Crippen LogP contribution is -2.55. The van der Waals surface area contributed by atoms with Gasteiger partial charge in [0.1, 0.15) is 6.04 Å². The van der Waals surface area contributed by atoms with Gasteiger partial charge in [0.25, 0.3) is 0 Å². The molecule has 2 amide bonds. The van der Waals surface area contributed by atoms with Crippen LogP contribution in [0.3, 0.4) is 0 Å². The third-order valence-electron chi connectivity index (χ3n) is 4.13. The second kappa shape index (κ2) is 8.19. The predicted molar refractivity (Wildman–Crippen MR) is 81.4 cm³/mol. The number of carbonyl (C=O) groups is 2. The minimum absolute atomic E-state index is 0.0604. The molecular weight excluding hydrogens is 272 g/mol. The van der Waals surface area contributed by atoms with E-state index in [0.29, 0.717) is 38.8 Å². The molecule has 1 aliphatic heterocycles. The van der Waals surface area contributed by atoms with Crippen molar-refractivity contribution in [1.82, 2.24) is 20.0 Å². The highest BCUT2D eigenvalue weighted by atomic mass is 16.4. The maximum atomic E-state index is 12.0. The molecule has 1 saturated heterocycles. The molecule has 2 N–H and O–H groups in total. The molecule has 1 heterocycles. The van der Waals surface area contributed by atoms with Crippen molar-refractivity contribution in [2.24, 2.45) is 0 Å². The molecule has 1 unspecified atom stereocenters. The van der Waals surface area contributed by atoms with Crippen LogP contribution in [0.4, 0.5) is 4.79 Å². The van der Waals surface area contributed by atoms with Crippen molar-refractivity contribution < 1.29 is 14.7 Å². The number of carboxylic acid groups (broad SMARTS) is 1. The zero-order valence-electron chi connectivity index (χ0n) is 13.5. The number of nitrogens with zero attached hydrogens (tertiary/aromatic N) is 3. The van der Waals surface area contributed by atoms with E-state index in [2.05, 4.69) is 24.1 Å². The monoisotopic (exact) mass is 300 g/mol. The summed E-state index contributed by atoms with van der Waals surface area (Å²) in [5.74, 6) is -0.815. The number of urea groups is 1. The molecule has 122 valence electrons. The van der Waals surface area contributed by atoms with Gasteiger partial charge in [-0.2, -0.15) is 0 Å². The van der Waals surface area contributed by atoms with Crippen LogP contribution in [-0.4, -0.2) is 90.2 Å². The Morgan fingerprint density at radius 3 is 2.24 bits per heavy atom. The third-order valence-corrected chi connectivity index (χ3v) is 4.13. The van der Waals surface area contributed by atoms with Gasteiger partial charge in [0.15, 0.2) is 0 Å². The molecule has 7 heteroatoms. The van der Waals surface area contributed by atoms with Crippen molar-refractivity contribution in [3.63, 3.8) is 0 Å². The lowest BCUT2D eigenvalue weighted by atomic mass is 10.2. The van der Waals surface area contributed by atoms with Crippen LogP contribution in [0.5, 0.6) is 0 Å². The maximum absolute atomic E-state index is 12.0. The smallest absolute Gasteiger partial charge is 0.320 e. The second-order valence-corrected chi connectivity index (χ2v) is 5.84. The molecule has 1 rings (SSSR count). The summed E-state index contributed by atoms with van der Waals surface area (Å²) in [6.07, 6.45) is 0. The molecule has 0 radical (unpaired) electrons. The summed E-state index contributed by atoms with van der Waals surface area (Å²) in [4.78, 5) is 28.8. The molecule has 7 nitrogen and oxygen atoms in total. The van der Waals surface area contributed by atoms with E-state index in [4.69, 9.17) is 5.11 Å². The van der Waals surface area contributed by atoms with Crippen molar-refractivity contribution in [1.29, 1.82) is 0 Å². The first-order chi connectivity index (χ1) is 9.82. The largest absolute Gasteiger partial charge is 0.480 e. The Morgan fingerprint density at radius 1 is 1.19 bits per heavy atom. The Labute approximate surface area is 126 Å². The van der Waals surface area contributed by atoms with Crippen molar-refractivity contribution in [2.75, 3.05) is 46.3 Å². The van der Waals surface area contributed by atoms with Crippen LogP contribution in [0.2, 0.25) is 0 Å². The Balaban J connectivity index is 2.27. The maximum Gasteiger partial charge on any atom is 0.320 e. The van der Waals surface area contributed by atoms with Gasteiger partial charge < -0.3 is 20.2 Å². The Bertz CT molecular complexity index is 354. The van der Waals surface area contributed by atoms with E-state index < -0.39 is 12.0 Å². The number of amides is 2. The molecule has 0 aliphatic carbocycles. The summed E-state index contributed by atoms with van der Waals surface area (Å²) in [6, 6.07) is -0.0901. The van der Waals surface area contributed by atoms with E-state index in [9.17, 15) is 9.59 Å². The average Bonchev–Trinajstić information content (AvgIpc) is 2.46. The van der Waals surface area contributed by atoms with Gasteiger partial charge in [0.2, 0.25) is 0 Å². The van der Waals surface area contributed by atoms with E-state index in [0.717, 1.165) is 6.54 Å². The van der Waals surface area contributed by atoms with Gasteiger partial charge in [-0.15, -0.1) is 0 Å². The molecule has 0 aromatic rings. The second-order valence-electron chi connectivity index (χ2n) is 5.84. The number of aliphatic carboxylic acids is 1. The van der Waals surface area contributed by atoms with E-state index in [1.807, 2.05) is 11.9 Å². The SMILES string of the molecule is CC(C)N(C)CCNC(=O)N1CCN(C(C)C(=O)O)CC1. The zero-order chi connectivity index (χ0) is 16.0. The fourth-order valence-corrected chi connectivity index (χ4v) is 2.18. The highest BCUT2D eigenvalue weighted by Gasteiger charge is 2.26. The topological polar surface area (TPSA) is 76.1 Å². The zero-order valence-corrected chi connectivity index (χ0v) is 13.5. The van der Waals surface area contributed by atoms with Crippen molar-refractivity contribution in [2.45, 2.75) is 32.9 Å². The van der Waals surface area contributed by atoms with E-state index in [1.54, 1.807) is 11.8 Å². The molecule has 1 aliphatic rings. The van der Waals surface area contributed by atoms with Gasteiger partial charge >= 0.3 is 12.0 Å². The number of nitrogens with one attached hydrogen (secondary N) is 1. The van der Waals surface area contributed by atoms with Crippen molar-refractivity contribution in [3.05, 3.63) is 0 Å². The Hall–Kier alpha value is -1.34. The molecule has 1 fully saturated rings. The first kappa shape index (κ1) is 17.7. The predicted octanol–water partition coefficient (Wildman–Crippen LogP) is 0.127. The van der Waals surface area contributed by atoms with E-state index >= 15 is 0 Å². The first-order valence-corrected chi connectivity index (χ1v) is 7.52. The highest BCUT2D eigenvalue weighted by molar-refractivity contribution is 5.74. The van der Waals surface area contributed by atoms with Crippen LogP contribution >= 0.6 is 0 Å². The number of piperazine rings is 1.